The molecule has 0 aromatic heterocycles. The van der Waals surface area contributed by atoms with E-state index in [0.717, 1.165) is 19.1 Å². The predicted molar refractivity (Wildman–Crippen MR) is 73.8 cm³/mol. The molecule has 5 nitrogen and oxygen atoms in total. The van der Waals surface area contributed by atoms with Gasteiger partial charge in [0.05, 0.1) is 17.4 Å². The molecule has 0 heterocycles. The first-order valence-corrected chi connectivity index (χ1v) is 8.30. The van der Waals surface area contributed by atoms with Crippen molar-refractivity contribution in [3.8, 4) is 6.07 Å². The number of rotatable bonds is 5. The van der Waals surface area contributed by atoms with Crippen molar-refractivity contribution in [3.05, 3.63) is 29.8 Å². The Hall–Kier alpha value is -1.87. The van der Waals surface area contributed by atoms with Gasteiger partial charge in [0, 0.05) is 24.4 Å². The van der Waals surface area contributed by atoms with Gasteiger partial charge >= 0.3 is 0 Å². The molecule has 0 unspecified atom stereocenters. The predicted octanol–water partition coefficient (Wildman–Crippen LogP) is 1.61. The second kappa shape index (κ2) is 5.63. The molecule has 1 aromatic carbocycles. The Morgan fingerprint density at radius 1 is 1.35 bits per heavy atom. The Morgan fingerprint density at radius 3 is 2.40 bits per heavy atom. The highest BCUT2D eigenvalue weighted by molar-refractivity contribution is 7.90. The Kier molecular flexibility index (Phi) is 4.09. The van der Waals surface area contributed by atoms with Crippen LogP contribution in [0.25, 0.3) is 0 Å². The first-order valence-electron chi connectivity index (χ1n) is 6.41. The molecule has 1 fully saturated rings. The van der Waals surface area contributed by atoms with Gasteiger partial charge in [0.1, 0.15) is 0 Å². The van der Waals surface area contributed by atoms with Crippen LogP contribution in [0.4, 0.5) is 0 Å². The molecule has 2 rings (SSSR count). The molecular weight excluding hydrogens is 276 g/mol. The molecule has 0 atom stereocenters. The van der Waals surface area contributed by atoms with Gasteiger partial charge in [0.25, 0.3) is 5.91 Å². The summed E-state index contributed by atoms with van der Waals surface area (Å²) in [6, 6.07) is 8.21. The summed E-state index contributed by atoms with van der Waals surface area (Å²) in [6.45, 7) is 0.424. The van der Waals surface area contributed by atoms with Gasteiger partial charge in [0.15, 0.2) is 9.84 Å². The first-order chi connectivity index (χ1) is 9.43. The van der Waals surface area contributed by atoms with E-state index in [0.29, 0.717) is 18.5 Å². The highest BCUT2D eigenvalue weighted by atomic mass is 32.2. The maximum Gasteiger partial charge on any atom is 0.254 e. The monoisotopic (exact) mass is 292 g/mol. The third-order valence-electron chi connectivity index (χ3n) is 3.24. The fraction of sp³-hybridized carbons (Fsp3) is 0.429. The summed E-state index contributed by atoms with van der Waals surface area (Å²) >= 11 is 0. The van der Waals surface area contributed by atoms with Gasteiger partial charge < -0.3 is 4.90 Å². The minimum absolute atomic E-state index is 0.136. The summed E-state index contributed by atoms with van der Waals surface area (Å²) < 4.78 is 22.8. The summed E-state index contributed by atoms with van der Waals surface area (Å²) in [5.74, 6) is -0.136. The maximum atomic E-state index is 12.4. The number of sulfone groups is 1. The molecule has 1 amide bonds. The van der Waals surface area contributed by atoms with E-state index in [2.05, 4.69) is 0 Å². The largest absolute Gasteiger partial charge is 0.335 e. The smallest absolute Gasteiger partial charge is 0.254 e. The van der Waals surface area contributed by atoms with Crippen LogP contribution >= 0.6 is 0 Å². The normalized spacial score (nSPS) is 14.6. The molecule has 0 radical (unpaired) electrons. The van der Waals surface area contributed by atoms with Crippen LogP contribution in [0.2, 0.25) is 0 Å². The van der Waals surface area contributed by atoms with Crippen LogP contribution in [0.3, 0.4) is 0 Å². The summed E-state index contributed by atoms with van der Waals surface area (Å²) in [5, 5.41) is 8.64. The summed E-state index contributed by atoms with van der Waals surface area (Å²) in [6.07, 6.45) is 3.38. The average molecular weight is 292 g/mol. The van der Waals surface area contributed by atoms with Crippen LogP contribution in [0.1, 0.15) is 29.6 Å². The number of nitrogens with zero attached hydrogens (tertiary/aromatic N) is 2. The fourth-order valence-electron chi connectivity index (χ4n) is 2.02. The zero-order valence-electron chi connectivity index (χ0n) is 11.2. The molecule has 1 aliphatic rings. The van der Waals surface area contributed by atoms with Crippen molar-refractivity contribution in [3.63, 3.8) is 0 Å². The van der Waals surface area contributed by atoms with Crippen LogP contribution < -0.4 is 0 Å². The standard InChI is InChI=1S/C14H16N2O3S/c1-20(18,19)13-7-3-11(4-8-13)14(17)16(10-2-9-15)12-5-6-12/h3-4,7-8,12H,2,5-6,10H2,1H3. The number of nitriles is 1. The zero-order valence-corrected chi connectivity index (χ0v) is 12.1. The lowest BCUT2D eigenvalue weighted by molar-refractivity contribution is 0.0746. The van der Waals surface area contributed by atoms with Gasteiger partial charge in [-0.1, -0.05) is 0 Å². The van der Waals surface area contributed by atoms with E-state index in [1.807, 2.05) is 6.07 Å². The lowest BCUT2D eigenvalue weighted by Crippen LogP contribution is -2.33. The van der Waals surface area contributed by atoms with Gasteiger partial charge in [-0.05, 0) is 37.1 Å². The molecule has 0 bridgehead atoms. The van der Waals surface area contributed by atoms with Crippen LogP contribution in [-0.2, 0) is 9.84 Å². The number of amides is 1. The van der Waals surface area contributed by atoms with E-state index in [4.69, 9.17) is 5.26 Å². The van der Waals surface area contributed by atoms with E-state index in [1.54, 1.807) is 4.90 Å². The number of hydrogen-bond acceptors (Lipinski definition) is 4. The molecule has 1 aromatic rings. The van der Waals surface area contributed by atoms with Crippen molar-refractivity contribution >= 4 is 15.7 Å². The average Bonchev–Trinajstić information content (AvgIpc) is 3.23. The molecule has 0 aliphatic heterocycles. The minimum atomic E-state index is -3.25. The molecule has 1 aliphatic carbocycles. The summed E-state index contributed by atoms with van der Waals surface area (Å²) in [5.41, 5.74) is 0.460. The topological polar surface area (TPSA) is 78.2 Å². The van der Waals surface area contributed by atoms with Gasteiger partial charge in [0.2, 0.25) is 0 Å². The van der Waals surface area contributed by atoms with E-state index < -0.39 is 9.84 Å². The number of benzene rings is 1. The Morgan fingerprint density at radius 2 is 1.95 bits per heavy atom. The molecule has 0 N–H and O–H groups in total. The lowest BCUT2D eigenvalue weighted by Gasteiger charge is -2.21. The SMILES string of the molecule is CS(=O)(=O)c1ccc(C(=O)N(CCC#N)C2CC2)cc1. The number of carbonyl (C=O) groups is 1. The first kappa shape index (κ1) is 14.5. The third-order valence-corrected chi connectivity index (χ3v) is 4.37. The van der Waals surface area contributed by atoms with Crippen molar-refractivity contribution in [1.29, 1.82) is 5.26 Å². The van der Waals surface area contributed by atoms with Crippen LogP contribution in [0.5, 0.6) is 0 Å². The highest BCUT2D eigenvalue weighted by Gasteiger charge is 2.32. The minimum Gasteiger partial charge on any atom is -0.335 e. The second-order valence-electron chi connectivity index (χ2n) is 4.93. The van der Waals surface area contributed by atoms with Gasteiger partial charge in [-0.25, -0.2) is 8.42 Å². The van der Waals surface area contributed by atoms with E-state index >= 15 is 0 Å². The van der Waals surface area contributed by atoms with Crippen molar-refractivity contribution in [2.45, 2.75) is 30.2 Å². The number of hydrogen-bond donors (Lipinski definition) is 0. The summed E-state index contributed by atoms with van der Waals surface area (Å²) in [7, 11) is -3.25. The van der Waals surface area contributed by atoms with Gasteiger partial charge in [-0.2, -0.15) is 5.26 Å². The Bertz CT molecular complexity index is 640. The Labute approximate surface area is 118 Å². The van der Waals surface area contributed by atoms with E-state index in [1.165, 1.54) is 24.3 Å². The molecule has 106 valence electrons. The van der Waals surface area contributed by atoms with Crippen LogP contribution in [-0.4, -0.2) is 38.1 Å². The molecule has 6 heteroatoms. The third kappa shape index (κ3) is 3.36. The molecule has 1 saturated carbocycles. The second-order valence-corrected chi connectivity index (χ2v) is 6.95. The fourth-order valence-corrected chi connectivity index (χ4v) is 2.65. The molecular formula is C14H16N2O3S. The lowest BCUT2D eigenvalue weighted by atomic mass is 10.2. The van der Waals surface area contributed by atoms with Crippen LogP contribution in [0, 0.1) is 11.3 Å². The zero-order chi connectivity index (χ0) is 14.8. The van der Waals surface area contributed by atoms with Crippen molar-refractivity contribution in [2.24, 2.45) is 0 Å². The van der Waals surface area contributed by atoms with Crippen LogP contribution in [0.15, 0.2) is 29.2 Å². The van der Waals surface area contributed by atoms with Gasteiger partial charge in [-0.3, -0.25) is 4.79 Å². The van der Waals surface area contributed by atoms with Crippen molar-refractivity contribution in [2.75, 3.05) is 12.8 Å². The van der Waals surface area contributed by atoms with E-state index in [-0.39, 0.29) is 16.8 Å². The quantitative estimate of drug-likeness (QED) is 0.826. The molecule has 0 spiro atoms. The maximum absolute atomic E-state index is 12.4. The van der Waals surface area contributed by atoms with Crippen molar-refractivity contribution < 1.29 is 13.2 Å². The highest BCUT2D eigenvalue weighted by Crippen LogP contribution is 2.28. The van der Waals surface area contributed by atoms with Gasteiger partial charge in [-0.15, -0.1) is 0 Å². The molecule has 20 heavy (non-hydrogen) atoms. The summed E-state index contributed by atoms with van der Waals surface area (Å²) in [4.78, 5) is 14.3. The van der Waals surface area contributed by atoms with E-state index in [9.17, 15) is 13.2 Å². The number of carbonyl (C=O) groups excluding carboxylic acids is 1. The molecule has 0 saturated heterocycles. The Balaban J connectivity index is 2.17. The van der Waals surface area contributed by atoms with Crippen molar-refractivity contribution in [1.82, 2.24) is 4.90 Å².